The highest BCUT2D eigenvalue weighted by Gasteiger charge is 2.27. The maximum atomic E-state index is 13.1. The summed E-state index contributed by atoms with van der Waals surface area (Å²) in [7, 11) is 5.78. The minimum absolute atomic E-state index is 0.109. The van der Waals surface area contributed by atoms with Crippen LogP contribution in [0.3, 0.4) is 0 Å². The SMILES string of the molecule is COc1cc(N2CC[C@H](N(C)C)C2)c2[nH]c(C(O)=[NH+]c3ccc(N4CCOCC4)cc3)cc(=O)c2c1. The van der Waals surface area contributed by atoms with E-state index in [0.717, 1.165) is 62.9 Å². The van der Waals surface area contributed by atoms with E-state index in [1.54, 1.807) is 13.2 Å². The fourth-order valence-corrected chi connectivity index (χ4v) is 4.96. The highest BCUT2D eigenvalue weighted by atomic mass is 16.5. The molecule has 0 spiro atoms. The number of hydrogen-bond acceptors (Lipinski definition) is 6. The molecule has 0 saturated carbocycles. The second-order valence-corrected chi connectivity index (χ2v) is 9.59. The number of rotatable bonds is 6. The van der Waals surface area contributed by atoms with Crippen LogP contribution in [0, 0.1) is 0 Å². The standard InChI is InChI=1S/C27H33N5O4/c1-30(2)20-8-9-32(17-20)24-15-21(35-3)14-22-25(33)16-23(29-26(22)24)27(34)28-18-4-6-19(7-5-18)31-10-12-36-13-11-31/h4-7,14-16,20H,8-13,17H2,1-3H3,(H,28,34)(H,29,33)/p+1/t20-/m0/s1. The highest BCUT2D eigenvalue weighted by Crippen LogP contribution is 2.32. The number of aliphatic hydroxyl groups excluding tert-OH is 1. The summed E-state index contributed by atoms with van der Waals surface area (Å²) in [6, 6.07) is 13.4. The van der Waals surface area contributed by atoms with Crippen molar-refractivity contribution in [1.29, 1.82) is 0 Å². The van der Waals surface area contributed by atoms with Gasteiger partial charge in [0.1, 0.15) is 5.75 Å². The minimum Gasteiger partial charge on any atom is -0.497 e. The summed E-state index contributed by atoms with van der Waals surface area (Å²) in [5, 5.41) is 11.4. The number of likely N-dealkylation sites (N-methyl/N-ethyl adjacent to an activating group) is 1. The van der Waals surface area contributed by atoms with Gasteiger partial charge in [-0.05, 0) is 38.7 Å². The lowest BCUT2D eigenvalue weighted by Crippen LogP contribution is -2.67. The topological polar surface area (TPSA) is 95.2 Å². The van der Waals surface area contributed by atoms with Crippen LogP contribution in [0.15, 0.2) is 47.3 Å². The largest absolute Gasteiger partial charge is 0.497 e. The Morgan fingerprint density at radius 1 is 1.11 bits per heavy atom. The van der Waals surface area contributed by atoms with Crippen LogP contribution in [0.1, 0.15) is 12.1 Å². The molecular weight excluding hydrogens is 458 g/mol. The predicted octanol–water partition coefficient (Wildman–Crippen LogP) is 1.23. The van der Waals surface area contributed by atoms with Gasteiger partial charge in [-0.25, -0.2) is 0 Å². The quantitative estimate of drug-likeness (QED) is 0.352. The Morgan fingerprint density at radius 3 is 2.53 bits per heavy atom. The number of aromatic nitrogens is 1. The monoisotopic (exact) mass is 492 g/mol. The maximum Gasteiger partial charge on any atom is 0.388 e. The van der Waals surface area contributed by atoms with E-state index in [1.165, 1.54) is 6.07 Å². The molecule has 9 heteroatoms. The third-order valence-corrected chi connectivity index (χ3v) is 7.12. The average Bonchev–Trinajstić information content (AvgIpc) is 3.40. The van der Waals surface area contributed by atoms with Gasteiger partial charge in [0.2, 0.25) is 5.69 Å². The number of anilines is 2. The number of pyridine rings is 1. The van der Waals surface area contributed by atoms with Crippen molar-refractivity contribution in [2.75, 3.05) is 70.4 Å². The van der Waals surface area contributed by atoms with Gasteiger partial charge in [0, 0.05) is 62.2 Å². The smallest absolute Gasteiger partial charge is 0.388 e. The number of benzene rings is 2. The molecule has 3 aromatic rings. The minimum atomic E-state index is -0.182. The van der Waals surface area contributed by atoms with Crippen molar-refractivity contribution in [3.63, 3.8) is 0 Å². The summed E-state index contributed by atoms with van der Waals surface area (Å²) in [6.45, 7) is 4.91. The average molecular weight is 493 g/mol. The van der Waals surface area contributed by atoms with Crippen molar-refractivity contribution < 1.29 is 19.6 Å². The van der Waals surface area contributed by atoms with Gasteiger partial charge in [-0.15, -0.1) is 0 Å². The van der Waals surface area contributed by atoms with Crippen molar-refractivity contribution in [1.82, 2.24) is 9.88 Å². The number of hydrogen-bond donors (Lipinski definition) is 3. The number of H-pyrrole nitrogens is 1. The first-order valence-corrected chi connectivity index (χ1v) is 12.4. The van der Waals surface area contributed by atoms with Crippen LogP contribution >= 0.6 is 0 Å². The first-order valence-electron chi connectivity index (χ1n) is 12.4. The van der Waals surface area contributed by atoms with Crippen LogP contribution in [-0.4, -0.2) is 87.5 Å². The van der Waals surface area contributed by atoms with Crippen LogP contribution in [0.4, 0.5) is 17.1 Å². The Balaban J connectivity index is 1.48. The number of ether oxygens (including phenoxy) is 2. The van der Waals surface area contributed by atoms with Gasteiger partial charge >= 0.3 is 5.90 Å². The van der Waals surface area contributed by atoms with E-state index in [1.807, 2.05) is 30.3 Å². The molecule has 0 amide bonds. The molecule has 2 fully saturated rings. The molecule has 2 aliphatic rings. The second kappa shape index (κ2) is 10.2. The summed E-state index contributed by atoms with van der Waals surface area (Å²) >= 11 is 0. The molecule has 36 heavy (non-hydrogen) atoms. The molecule has 190 valence electrons. The maximum absolute atomic E-state index is 13.1. The van der Waals surface area contributed by atoms with Gasteiger partial charge in [-0.3, -0.25) is 4.79 Å². The number of nitrogens with zero attached hydrogens (tertiary/aromatic N) is 3. The van der Waals surface area contributed by atoms with Crippen molar-refractivity contribution in [3.05, 3.63) is 58.4 Å². The summed E-state index contributed by atoms with van der Waals surface area (Å²) in [4.78, 5) is 26.2. The van der Waals surface area contributed by atoms with Crippen molar-refractivity contribution in [2.24, 2.45) is 0 Å². The zero-order valence-electron chi connectivity index (χ0n) is 21.1. The van der Waals surface area contributed by atoms with Gasteiger partial charge in [0.05, 0.1) is 36.9 Å². The fraction of sp³-hybridized carbons (Fsp3) is 0.407. The van der Waals surface area contributed by atoms with Crippen LogP contribution in [-0.2, 0) is 4.74 Å². The molecule has 2 saturated heterocycles. The molecule has 1 aromatic heterocycles. The number of aliphatic hydroxyl groups is 1. The van der Waals surface area contributed by atoms with Gasteiger partial charge in [0.25, 0.3) is 0 Å². The molecule has 1 atom stereocenters. The highest BCUT2D eigenvalue weighted by molar-refractivity contribution is 5.96. The molecule has 0 unspecified atom stereocenters. The molecular formula is C27H34N5O4+. The number of morpholine rings is 1. The molecule has 3 heterocycles. The number of fused-ring (bicyclic) bond motifs is 1. The van der Waals surface area contributed by atoms with E-state index >= 15 is 0 Å². The molecule has 0 radical (unpaired) electrons. The van der Waals surface area contributed by atoms with Gasteiger partial charge in [0.15, 0.2) is 11.1 Å². The lowest BCUT2D eigenvalue weighted by Gasteiger charge is -2.28. The molecule has 0 aliphatic carbocycles. The van der Waals surface area contributed by atoms with Crippen molar-refractivity contribution >= 4 is 33.9 Å². The van der Waals surface area contributed by atoms with E-state index < -0.39 is 0 Å². The molecule has 9 nitrogen and oxygen atoms in total. The Hall–Kier alpha value is -3.56. The first kappa shape index (κ1) is 24.1. The molecule has 3 N–H and O–H groups in total. The van der Waals surface area contributed by atoms with Crippen LogP contribution in [0.5, 0.6) is 5.75 Å². The first-order chi connectivity index (χ1) is 17.4. The van der Waals surface area contributed by atoms with Gasteiger partial charge < -0.3 is 34.3 Å². The molecule has 2 aromatic carbocycles. The van der Waals surface area contributed by atoms with E-state index in [2.05, 4.69) is 38.8 Å². The molecule has 2 aliphatic heterocycles. The summed E-state index contributed by atoms with van der Waals surface area (Å²) in [6.07, 6.45) is 1.04. The van der Waals surface area contributed by atoms with Crippen LogP contribution in [0.2, 0.25) is 0 Å². The third kappa shape index (κ3) is 4.89. The number of methoxy groups -OCH3 is 1. The number of nitrogens with one attached hydrogen (secondary N) is 2. The van der Waals surface area contributed by atoms with Crippen LogP contribution in [0.25, 0.3) is 10.9 Å². The van der Waals surface area contributed by atoms with E-state index in [9.17, 15) is 9.90 Å². The summed E-state index contributed by atoms with van der Waals surface area (Å²) in [5.41, 5.74) is 3.58. The zero-order valence-corrected chi connectivity index (χ0v) is 21.1. The Morgan fingerprint density at radius 2 is 1.86 bits per heavy atom. The van der Waals surface area contributed by atoms with Crippen molar-refractivity contribution in [3.8, 4) is 5.75 Å². The van der Waals surface area contributed by atoms with E-state index in [0.29, 0.717) is 28.4 Å². The zero-order chi connectivity index (χ0) is 25.2. The Kier molecular flexibility index (Phi) is 6.84. The van der Waals surface area contributed by atoms with E-state index in [4.69, 9.17) is 9.47 Å². The van der Waals surface area contributed by atoms with Crippen molar-refractivity contribution in [2.45, 2.75) is 12.5 Å². The Labute approximate surface area is 210 Å². The third-order valence-electron chi connectivity index (χ3n) is 7.12. The summed E-state index contributed by atoms with van der Waals surface area (Å²) < 4.78 is 10.9. The Bertz CT molecular complexity index is 1310. The lowest BCUT2D eigenvalue weighted by molar-refractivity contribution is -0.364. The van der Waals surface area contributed by atoms with E-state index in [-0.39, 0.29) is 11.3 Å². The van der Waals surface area contributed by atoms with Crippen LogP contribution < -0.4 is 25.0 Å². The number of aromatic amines is 1. The van der Waals surface area contributed by atoms with Gasteiger partial charge in [-0.1, -0.05) is 0 Å². The lowest BCUT2D eigenvalue weighted by atomic mass is 10.1. The van der Waals surface area contributed by atoms with Gasteiger partial charge in [-0.2, -0.15) is 4.99 Å². The predicted molar refractivity (Wildman–Crippen MR) is 142 cm³/mol. The summed E-state index contributed by atoms with van der Waals surface area (Å²) in [5.74, 6) is 0.526. The second-order valence-electron chi connectivity index (χ2n) is 9.59. The molecule has 0 bridgehead atoms. The molecule has 5 rings (SSSR count). The fourth-order valence-electron chi connectivity index (χ4n) is 4.96. The normalized spacial score (nSPS) is 18.9.